The number of benzene rings is 2. The monoisotopic (exact) mass is 463 g/mol. The van der Waals surface area contributed by atoms with Crippen molar-refractivity contribution in [1.29, 1.82) is 0 Å². The molecule has 0 unspecified atom stereocenters. The minimum absolute atomic E-state index is 0.134. The molecule has 9 heteroatoms. The molecule has 4 aromatic rings. The Labute approximate surface area is 193 Å². The van der Waals surface area contributed by atoms with Gasteiger partial charge in [-0.3, -0.25) is 4.79 Å². The summed E-state index contributed by atoms with van der Waals surface area (Å²) in [4.78, 5) is 36.9. The molecule has 9 nitrogen and oxygen atoms in total. The van der Waals surface area contributed by atoms with E-state index in [2.05, 4.69) is 5.32 Å². The Kier molecular flexibility index (Phi) is 6.92. The van der Waals surface area contributed by atoms with Crippen molar-refractivity contribution in [2.75, 3.05) is 13.2 Å². The number of carbonyl (C=O) groups excluding carboxylic acids is 2. The highest BCUT2D eigenvalue weighted by Crippen LogP contribution is 2.26. The van der Waals surface area contributed by atoms with Gasteiger partial charge in [-0.15, -0.1) is 0 Å². The summed E-state index contributed by atoms with van der Waals surface area (Å²) in [7, 11) is 0. The highest BCUT2D eigenvalue weighted by atomic mass is 16.6. The van der Waals surface area contributed by atoms with Crippen LogP contribution in [0.15, 0.2) is 80.6 Å². The van der Waals surface area contributed by atoms with Crippen molar-refractivity contribution < 1.29 is 32.6 Å². The van der Waals surface area contributed by atoms with Crippen LogP contribution in [-0.4, -0.2) is 25.1 Å². The molecule has 34 heavy (non-hydrogen) atoms. The molecule has 0 atom stereocenters. The van der Waals surface area contributed by atoms with E-state index in [-0.39, 0.29) is 30.0 Å². The Morgan fingerprint density at radius 2 is 1.76 bits per heavy atom. The fraction of sp³-hybridized carbons (Fsp3) is 0.160. The summed E-state index contributed by atoms with van der Waals surface area (Å²) in [6, 6.07) is 16.3. The summed E-state index contributed by atoms with van der Waals surface area (Å²) in [6.45, 7) is 2.09. The Morgan fingerprint density at radius 1 is 0.971 bits per heavy atom. The lowest BCUT2D eigenvalue weighted by Crippen LogP contribution is -2.27. The third-order valence-electron chi connectivity index (χ3n) is 4.68. The highest BCUT2D eigenvalue weighted by molar-refractivity contribution is 5.96. The molecule has 1 N–H and O–H groups in total. The molecule has 0 fully saturated rings. The predicted octanol–water partition coefficient (Wildman–Crippen LogP) is 3.70. The summed E-state index contributed by atoms with van der Waals surface area (Å²) >= 11 is 0. The Morgan fingerprint density at radius 3 is 2.50 bits per heavy atom. The van der Waals surface area contributed by atoms with Crippen molar-refractivity contribution in [3.05, 3.63) is 88.7 Å². The van der Waals surface area contributed by atoms with E-state index in [1.54, 1.807) is 42.5 Å². The molecular formula is C25H21NO8. The maximum atomic E-state index is 12.4. The zero-order valence-electron chi connectivity index (χ0n) is 18.2. The molecule has 1 amide bonds. The maximum Gasteiger partial charge on any atom is 0.349 e. The summed E-state index contributed by atoms with van der Waals surface area (Å²) in [6.07, 6.45) is 1.49. The number of furan rings is 1. The number of fused-ring (bicyclic) bond motifs is 1. The molecule has 0 aliphatic carbocycles. The summed E-state index contributed by atoms with van der Waals surface area (Å²) in [5.74, 6) is 0.416. The Balaban J connectivity index is 1.41. The second kappa shape index (κ2) is 10.4. The quantitative estimate of drug-likeness (QED) is 0.227. The topological polar surface area (TPSA) is 117 Å². The summed E-state index contributed by atoms with van der Waals surface area (Å²) in [5, 5.41) is 3.09. The van der Waals surface area contributed by atoms with Crippen molar-refractivity contribution >= 4 is 22.8 Å². The largest absolute Gasteiger partial charge is 0.490 e. The molecule has 0 bridgehead atoms. The number of esters is 1. The van der Waals surface area contributed by atoms with Crippen LogP contribution in [0, 0.1) is 0 Å². The number of para-hydroxylation sites is 2. The first-order valence-corrected chi connectivity index (χ1v) is 10.5. The van der Waals surface area contributed by atoms with Gasteiger partial charge in [0.05, 0.1) is 19.4 Å². The molecule has 174 valence electrons. The highest BCUT2D eigenvalue weighted by Gasteiger charge is 2.15. The average molecular weight is 463 g/mol. The van der Waals surface area contributed by atoms with E-state index >= 15 is 0 Å². The van der Waals surface area contributed by atoms with E-state index in [0.29, 0.717) is 29.3 Å². The molecule has 2 heterocycles. The number of rotatable bonds is 9. The number of ether oxygens (including phenoxy) is 3. The molecule has 0 spiro atoms. The fourth-order valence-electron chi connectivity index (χ4n) is 3.13. The summed E-state index contributed by atoms with van der Waals surface area (Å²) in [5.41, 5.74) is -0.797. The second-order valence-corrected chi connectivity index (χ2v) is 7.05. The third-order valence-corrected chi connectivity index (χ3v) is 4.68. The van der Waals surface area contributed by atoms with Crippen LogP contribution in [-0.2, 0) is 11.3 Å². The number of hydrogen-bond acceptors (Lipinski definition) is 8. The van der Waals surface area contributed by atoms with Crippen molar-refractivity contribution in [2.24, 2.45) is 0 Å². The van der Waals surface area contributed by atoms with E-state index in [4.69, 9.17) is 23.0 Å². The minimum Gasteiger partial charge on any atom is -0.490 e. The van der Waals surface area contributed by atoms with Crippen molar-refractivity contribution in [3.63, 3.8) is 0 Å². The zero-order valence-corrected chi connectivity index (χ0v) is 18.2. The zero-order chi connectivity index (χ0) is 23.9. The van der Waals surface area contributed by atoms with Gasteiger partial charge in [0.1, 0.15) is 22.7 Å². The van der Waals surface area contributed by atoms with Crippen LogP contribution in [0.25, 0.3) is 11.0 Å². The van der Waals surface area contributed by atoms with E-state index in [0.717, 1.165) is 0 Å². The lowest BCUT2D eigenvalue weighted by molar-refractivity contribution is -0.136. The molecule has 0 saturated heterocycles. The molecule has 0 aliphatic heterocycles. The van der Waals surface area contributed by atoms with Crippen LogP contribution >= 0.6 is 0 Å². The van der Waals surface area contributed by atoms with Crippen LogP contribution in [0.1, 0.15) is 23.0 Å². The van der Waals surface area contributed by atoms with Gasteiger partial charge in [-0.25, -0.2) is 9.59 Å². The van der Waals surface area contributed by atoms with Gasteiger partial charge in [0.25, 0.3) is 5.91 Å². The Bertz CT molecular complexity index is 1360. The molecule has 4 rings (SSSR count). The second-order valence-electron chi connectivity index (χ2n) is 7.05. The van der Waals surface area contributed by atoms with E-state index < -0.39 is 17.5 Å². The van der Waals surface area contributed by atoms with Gasteiger partial charge in [0.2, 0.25) is 0 Å². The van der Waals surface area contributed by atoms with Gasteiger partial charge in [-0.1, -0.05) is 12.1 Å². The normalized spacial score (nSPS) is 10.6. The number of amides is 1. The lowest BCUT2D eigenvalue weighted by atomic mass is 10.1. The van der Waals surface area contributed by atoms with Gasteiger partial charge >= 0.3 is 11.6 Å². The van der Waals surface area contributed by atoms with Gasteiger partial charge in [0.15, 0.2) is 18.1 Å². The Hall–Kier alpha value is -4.53. The number of hydrogen-bond donors (Lipinski definition) is 1. The molecule has 2 aromatic heterocycles. The average Bonchev–Trinajstić information content (AvgIpc) is 3.35. The summed E-state index contributed by atoms with van der Waals surface area (Å²) < 4.78 is 26.7. The standard InChI is InChI=1S/C25H21NO8/c1-2-30-20-7-3-4-8-21(20)32-15-23(27)33-17-10-9-16-12-19(25(29)34-22(16)13-17)24(28)26-14-18-6-5-11-31-18/h3-13H,2,14-15H2,1H3,(H,26,28). The van der Waals surface area contributed by atoms with E-state index in [1.165, 1.54) is 24.5 Å². The third kappa shape index (κ3) is 5.44. The van der Waals surface area contributed by atoms with Crippen LogP contribution in [0.2, 0.25) is 0 Å². The first-order valence-electron chi connectivity index (χ1n) is 10.5. The number of carbonyl (C=O) groups is 2. The minimum atomic E-state index is -0.816. The van der Waals surface area contributed by atoms with Crippen LogP contribution < -0.4 is 25.2 Å². The van der Waals surface area contributed by atoms with Gasteiger partial charge < -0.3 is 28.4 Å². The van der Waals surface area contributed by atoms with Crippen LogP contribution in [0.4, 0.5) is 0 Å². The van der Waals surface area contributed by atoms with Crippen LogP contribution in [0.3, 0.4) is 0 Å². The van der Waals surface area contributed by atoms with Gasteiger partial charge in [-0.2, -0.15) is 0 Å². The molecule has 2 aromatic carbocycles. The maximum absolute atomic E-state index is 12.4. The molecular weight excluding hydrogens is 442 g/mol. The number of nitrogens with one attached hydrogen (secondary N) is 1. The van der Waals surface area contributed by atoms with Crippen molar-refractivity contribution in [1.82, 2.24) is 5.32 Å². The fourth-order valence-corrected chi connectivity index (χ4v) is 3.13. The van der Waals surface area contributed by atoms with Gasteiger partial charge in [0, 0.05) is 11.5 Å². The van der Waals surface area contributed by atoms with Crippen molar-refractivity contribution in [3.8, 4) is 17.2 Å². The first-order chi connectivity index (χ1) is 16.5. The SMILES string of the molecule is CCOc1ccccc1OCC(=O)Oc1ccc2cc(C(=O)NCc3ccco3)c(=O)oc2c1. The predicted molar refractivity (Wildman–Crippen MR) is 121 cm³/mol. The lowest BCUT2D eigenvalue weighted by Gasteiger charge is -2.11. The molecule has 0 saturated carbocycles. The van der Waals surface area contributed by atoms with Crippen molar-refractivity contribution in [2.45, 2.75) is 13.5 Å². The van der Waals surface area contributed by atoms with E-state index in [9.17, 15) is 14.4 Å². The van der Waals surface area contributed by atoms with Crippen LogP contribution in [0.5, 0.6) is 17.2 Å². The first kappa shape index (κ1) is 22.7. The smallest absolute Gasteiger partial charge is 0.349 e. The van der Waals surface area contributed by atoms with Gasteiger partial charge in [-0.05, 0) is 49.4 Å². The molecule has 0 aliphatic rings. The van der Waals surface area contributed by atoms with E-state index in [1.807, 2.05) is 6.92 Å². The molecule has 0 radical (unpaired) electrons.